The molecule has 0 atom stereocenters. The number of aromatic nitrogens is 1. The number of fused-ring (bicyclic) bond motifs is 8. The van der Waals surface area contributed by atoms with Crippen molar-refractivity contribution in [3.63, 3.8) is 0 Å². The number of rotatable bonds is 5. The molecule has 0 saturated heterocycles. The van der Waals surface area contributed by atoms with Gasteiger partial charge in [-0.2, -0.15) is 0 Å². The Balaban J connectivity index is 1.26. The van der Waals surface area contributed by atoms with E-state index in [0.29, 0.717) is 0 Å². The molecule has 234 valence electrons. The fraction of sp³-hybridized carbons (Fsp3) is 0. The molecule has 10 aromatic rings. The van der Waals surface area contributed by atoms with Gasteiger partial charge in [0.25, 0.3) is 0 Å². The van der Waals surface area contributed by atoms with Crippen LogP contribution < -0.4 is 4.90 Å². The van der Waals surface area contributed by atoms with E-state index in [1.807, 2.05) is 0 Å². The highest BCUT2D eigenvalue weighted by atomic mass is 15.2. The Morgan fingerprint density at radius 2 is 0.960 bits per heavy atom. The van der Waals surface area contributed by atoms with Gasteiger partial charge in [-0.15, -0.1) is 0 Å². The van der Waals surface area contributed by atoms with Gasteiger partial charge in [0.05, 0.1) is 16.7 Å². The Kier molecular flexibility index (Phi) is 6.53. The van der Waals surface area contributed by atoms with Crippen molar-refractivity contribution in [2.45, 2.75) is 0 Å². The van der Waals surface area contributed by atoms with Crippen molar-refractivity contribution in [2.24, 2.45) is 0 Å². The molecule has 0 radical (unpaired) electrons. The van der Waals surface area contributed by atoms with Crippen LogP contribution in [0, 0.1) is 0 Å². The normalized spacial score (nSPS) is 11.6. The molecular weight excluding hydrogens is 605 g/mol. The van der Waals surface area contributed by atoms with E-state index in [0.717, 1.165) is 22.7 Å². The first-order valence-electron chi connectivity index (χ1n) is 17.2. The minimum absolute atomic E-state index is 1.11. The minimum atomic E-state index is 1.11. The Morgan fingerprint density at radius 3 is 1.80 bits per heavy atom. The summed E-state index contributed by atoms with van der Waals surface area (Å²) in [5, 5.41) is 10.0. The van der Waals surface area contributed by atoms with E-state index >= 15 is 0 Å². The SMILES string of the molecule is c1ccc(-c2cccc(-n3c4ccccc4c4cccc(N(c5ccccc5)c5ccc6ccc7c8ccccc8ccc7c6c5)c43)c2)cc1. The molecule has 0 amide bonds. The molecule has 2 heteroatoms. The van der Waals surface area contributed by atoms with Gasteiger partial charge in [0.15, 0.2) is 0 Å². The summed E-state index contributed by atoms with van der Waals surface area (Å²) < 4.78 is 2.45. The van der Waals surface area contributed by atoms with Gasteiger partial charge in [0.1, 0.15) is 0 Å². The lowest BCUT2D eigenvalue weighted by Gasteiger charge is -2.27. The molecule has 0 bridgehead atoms. The highest BCUT2D eigenvalue weighted by molar-refractivity contribution is 6.18. The third kappa shape index (κ3) is 4.50. The van der Waals surface area contributed by atoms with Crippen molar-refractivity contribution in [2.75, 3.05) is 4.90 Å². The lowest BCUT2D eigenvalue weighted by Crippen LogP contribution is -2.11. The van der Waals surface area contributed by atoms with E-state index in [4.69, 9.17) is 0 Å². The van der Waals surface area contributed by atoms with Crippen LogP contribution in [0.4, 0.5) is 17.1 Å². The molecule has 50 heavy (non-hydrogen) atoms. The zero-order valence-corrected chi connectivity index (χ0v) is 27.4. The maximum atomic E-state index is 2.45. The summed E-state index contributed by atoms with van der Waals surface area (Å²) in [4.78, 5) is 2.43. The van der Waals surface area contributed by atoms with Gasteiger partial charge >= 0.3 is 0 Å². The highest BCUT2D eigenvalue weighted by Gasteiger charge is 2.22. The molecule has 0 fully saturated rings. The average molecular weight is 637 g/mol. The summed E-state index contributed by atoms with van der Waals surface area (Å²) in [5.41, 5.74) is 9.25. The average Bonchev–Trinajstić information content (AvgIpc) is 3.54. The molecule has 0 saturated carbocycles. The molecule has 10 rings (SSSR count). The van der Waals surface area contributed by atoms with Crippen LogP contribution in [-0.4, -0.2) is 4.57 Å². The first kappa shape index (κ1) is 28.4. The minimum Gasteiger partial charge on any atom is -0.308 e. The summed E-state index contributed by atoms with van der Waals surface area (Å²) in [6.45, 7) is 0. The van der Waals surface area contributed by atoms with Crippen LogP contribution in [0.2, 0.25) is 0 Å². The van der Waals surface area contributed by atoms with E-state index in [1.54, 1.807) is 0 Å². The third-order valence-electron chi connectivity index (χ3n) is 10.1. The Bertz CT molecular complexity index is 2870. The lowest BCUT2D eigenvalue weighted by atomic mass is 9.96. The van der Waals surface area contributed by atoms with Gasteiger partial charge in [-0.3, -0.25) is 0 Å². The maximum Gasteiger partial charge on any atom is 0.0782 e. The first-order valence-corrected chi connectivity index (χ1v) is 17.2. The highest BCUT2D eigenvalue weighted by Crippen LogP contribution is 2.44. The molecule has 2 nitrogen and oxygen atoms in total. The van der Waals surface area contributed by atoms with E-state index in [9.17, 15) is 0 Å². The van der Waals surface area contributed by atoms with Crippen LogP contribution in [0.3, 0.4) is 0 Å². The number of nitrogens with zero attached hydrogens (tertiary/aromatic N) is 2. The molecule has 9 aromatic carbocycles. The van der Waals surface area contributed by atoms with E-state index < -0.39 is 0 Å². The zero-order chi connectivity index (χ0) is 33.0. The second kappa shape index (κ2) is 11.5. The second-order valence-corrected chi connectivity index (χ2v) is 13.0. The van der Waals surface area contributed by atoms with Crippen LogP contribution in [-0.2, 0) is 0 Å². The topological polar surface area (TPSA) is 8.17 Å². The van der Waals surface area contributed by atoms with E-state index in [2.05, 4.69) is 204 Å². The molecule has 0 aliphatic carbocycles. The summed E-state index contributed by atoms with van der Waals surface area (Å²) in [7, 11) is 0. The number of anilines is 3. The van der Waals surface area contributed by atoms with Crippen LogP contribution in [0.25, 0.3) is 70.9 Å². The smallest absolute Gasteiger partial charge is 0.0782 e. The second-order valence-electron chi connectivity index (χ2n) is 13.0. The van der Waals surface area contributed by atoms with Gasteiger partial charge in [-0.05, 0) is 92.0 Å². The van der Waals surface area contributed by atoms with Gasteiger partial charge in [0.2, 0.25) is 0 Å². The molecule has 0 N–H and O–H groups in total. The molecule has 0 aliphatic heterocycles. The van der Waals surface area contributed by atoms with Gasteiger partial charge in [0, 0.05) is 27.8 Å². The first-order chi connectivity index (χ1) is 24.8. The van der Waals surface area contributed by atoms with Crippen molar-refractivity contribution < 1.29 is 0 Å². The monoisotopic (exact) mass is 636 g/mol. The van der Waals surface area contributed by atoms with Crippen LogP contribution in [0.15, 0.2) is 194 Å². The van der Waals surface area contributed by atoms with Crippen LogP contribution >= 0.6 is 0 Å². The molecule has 0 spiro atoms. The molecule has 0 unspecified atom stereocenters. The van der Waals surface area contributed by atoms with Crippen molar-refractivity contribution in [1.29, 1.82) is 0 Å². The van der Waals surface area contributed by atoms with Crippen LogP contribution in [0.5, 0.6) is 0 Å². The van der Waals surface area contributed by atoms with Crippen molar-refractivity contribution in [3.05, 3.63) is 194 Å². The molecule has 0 aliphatic rings. The quantitative estimate of drug-likeness (QED) is 0.171. The summed E-state index contributed by atoms with van der Waals surface area (Å²) in [5.74, 6) is 0. The number of hydrogen-bond acceptors (Lipinski definition) is 1. The lowest BCUT2D eigenvalue weighted by molar-refractivity contribution is 1.17. The third-order valence-corrected chi connectivity index (χ3v) is 10.1. The predicted octanol–water partition coefficient (Wildman–Crippen LogP) is 13.4. The fourth-order valence-corrected chi connectivity index (χ4v) is 7.85. The van der Waals surface area contributed by atoms with Crippen LogP contribution in [0.1, 0.15) is 0 Å². The molecule has 1 heterocycles. The number of benzene rings is 9. The van der Waals surface area contributed by atoms with Gasteiger partial charge < -0.3 is 9.47 Å². The van der Waals surface area contributed by atoms with Crippen molar-refractivity contribution in [1.82, 2.24) is 4.57 Å². The summed E-state index contributed by atoms with van der Waals surface area (Å²) in [6.07, 6.45) is 0. The Labute approximate surface area is 290 Å². The number of para-hydroxylation sites is 3. The van der Waals surface area contributed by atoms with Crippen molar-refractivity contribution >= 4 is 71.2 Å². The van der Waals surface area contributed by atoms with Crippen molar-refractivity contribution in [3.8, 4) is 16.8 Å². The predicted molar refractivity (Wildman–Crippen MR) is 213 cm³/mol. The van der Waals surface area contributed by atoms with Gasteiger partial charge in [-0.25, -0.2) is 0 Å². The zero-order valence-electron chi connectivity index (χ0n) is 27.4. The Morgan fingerprint density at radius 1 is 0.340 bits per heavy atom. The number of hydrogen-bond donors (Lipinski definition) is 0. The molecule has 1 aromatic heterocycles. The summed E-state index contributed by atoms with van der Waals surface area (Å²) in [6, 6.07) is 70.5. The summed E-state index contributed by atoms with van der Waals surface area (Å²) >= 11 is 0. The maximum absolute atomic E-state index is 2.45. The van der Waals surface area contributed by atoms with E-state index in [-0.39, 0.29) is 0 Å². The standard InChI is InChI=1S/C48H32N2/c1-3-13-33(14-4-1)36-16-11-19-38(31-36)50-46-23-10-9-21-43(46)44-22-12-24-47(48(44)50)49(37-17-5-2-6-18-37)39-28-25-35-27-29-41-40-20-8-7-15-34(40)26-30-42(41)45(35)32-39/h1-32H. The fourth-order valence-electron chi connectivity index (χ4n) is 7.85. The van der Waals surface area contributed by atoms with E-state index in [1.165, 1.54) is 65.3 Å². The largest absolute Gasteiger partial charge is 0.308 e. The molecular formula is C48H32N2. The van der Waals surface area contributed by atoms with Gasteiger partial charge in [-0.1, -0.05) is 146 Å². The Hall–Kier alpha value is -6.64.